The van der Waals surface area contributed by atoms with Crippen LogP contribution in [0.5, 0.6) is 0 Å². The van der Waals surface area contributed by atoms with Crippen molar-refractivity contribution in [3.63, 3.8) is 0 Å². The van der Waals surface area contributed by atoms with E-state index in [2.05, 4.69) is 4.98 Å². The van der Waals surface area contributed by atoms with Crippen molar-refractivity contribution in [2.75, 3.05) is 26.3 Å². The summed E-state index contributed by atoms with van der Waals surface area (Å²) in [7, 11) is 1.86. The van der Waals surface area contributed by atoms with E-state index in [1.165, 1.54) is 0 Å². The van der Waals surface area contributed by atoms with Gasteiger partial charge in [0.2, 0.25) is 6.29 Å². The molecule has 2 aliphatic heterocycles. The monoisotopic (exact) mass is 615 g/mol. The van der Waals surface area contributed by atoms with Gasteiger partial charge in [-0.2, -0.15) is 0 Å². The third-order valence-corrected chi connectivity index (χ3v) is 9.30. The molecule has 45 heavy (non-hydrogen) atoms. The van der Waals surface area contributed by atoms with Crippen LogP contribution in [0.15, 0.2) is 76.0 Å². The molecule has 0 aliphatic carbocycles. The van der Waals surface area contributed by atoms with Gasteiger partial charge in [0.1, 0.15) is 0 Å². The number of H-pyrrole nitrogens is 1. The Balaban J connectivity index is 1.32. The molecule has 0 radical (unpaired) electrons. The Morgan fingerprint density at radius 1 is 1.07 bits per heavy atom. The second-order valence-corrected chi connectivity index (χ2v) is 11.8. The summed E-state index contributed by atoms with van der Waals surface area (Å²) in [5.74, 6) is -0.847. The van der Waals surface area contributed by atoms with Crippen molar-refractivity contribution in [3.8, 4) is 5.69 Å². The van der Waals surface area contributed by atoms with E-state index < -0.39 is 12.2 Å². The number of fused-ring (bicyclic) bond motifs is 1. The molecule has 4 heterocycles. The van der Waals surface area contributed by atoms with E-state index in [9.17, 15) is 19.5 Å². The minimum absolute atomic E-state index is 0.00591. The molecule has 6 rings (SSSR count). The average Bonchev–Trinajstić information content (AvgIpc) is 3.51. The highest BCUT2D eigenvalue weighted by Gasteiger charge is 2.42. The molecule has 3 unspecified atom stereocenters. The summed E-state index contributed by atoms with van der Waals surface area (Å²) in [6.45, 7) is 5.06. The fourth-order valence-electron chi connectivity index (χ4n) is 6.98. The molecule has 2 N–H and O–H groups in total. The number of amides is 1. The van der Waals surface area contributed by atoms with E-state index in [-0.39, 0.29) is 41.5 Å². The number of ether oxygens (including phenoxy) is 2. The van der Waals surface area contributed by atoms with Crippen molar-refractivity contribution < 1.29 is 19.4 Å². The Bertz CT molecular complexity index is 1810. The van der Waals surface area contributed by atoms with E-state index in [4.69, 9.17) is 9.47 Å². The topological polar surface area (TPSA) is 124 Å². The number of carbonyl (C=O) groups is 1. The molecule has 238 valence electrons. The maximum Gasteiger partial charge on any atom is 0.326 e. The van der Waals surface area contributed by atoms with Crippen molar-refractivity contribution in [3.05, 3.63) is 98.5 Å². The van der Waals surface area contributed by atoms with Crippen LogP contribution < -0.4 is 11.2 Å². The lowest BCUT2D eigenvalue weighted by Gasteiger charge is -2.38. The van der Waals surface area contributed by atoms with Gasteiger partial charge in [0.15, 0.2) is 5.76 Å². The third kappa shape index (κ3) is 5.66. The SMILES string of the molecule is CCOC1OC(C(=O)N2CCC(n3c(=O)[nH]c4ccccc43)CC2)=CC(c2c(C)n(C)n(-c3ccccc3)c2=O)C1CCCO. The van der Waals surface area contributed by atoms with E-state index in [0.29, 0.717) is 50.9 Å². The van der Waals surface area contributed by atoms with Crippen molar-refractivity contribution in [2.45, 2.75) is 57.8 Å². The number of rotatable bonds is 9. The molecule has 11 nitrogen and oxygen atoms in total. The van der Waals surface area contributed by atoms with Crippen LogP contribution in [0.2, 0.25) is 0 Å². The van der Waals surface area contributed by atoms with Crippen LogP contribution in [0.1, 0.15) is 55.8 Å². The van der Waals surface area contributed by atoms with E-state index in [1.807, 2.05) is 80.2 Å². The van der Waals surface area contributed by atoms with Gasteiger partial charge in [-0.05, 0) is 69.9 Å². The maximum atomic E-state index is 14.1. The predicted molar refractivity (Wildman–Crippen MR) is 170 cm³/mol. The first kappa shape index (κ1) is 30.7. The first-order valence-electron chi connectivity index (χ1n) is 15.8. The molecule has 0 saturated carbocycles. The van der Waals surface area contributed by atoms with Crippen LogP contribution in [-0.4, -0.2) is 67.4 Å². The molecule has 2 aliphatic rings. The number of nitrogens with zero attached hydrogens (tertiary/aromatic N) is 4. The lowest BCUT2D eigenvalue weighted by molar-refractivity contribution is -0.170. The number of carbonyl (C=O) groups excluding carboxylic acids is 1. The number of allylic oxidation sites excluding steroid dienone is 1. The predicted octanol–water partition coefficient (Wildman–Crippen LogP) is 3.74. The van der Waals surface area contributed by atoms with Crippen molar-refractivity contribution in [1.29, 1.82) is 0 Å². The summed E-state index contributed by atoms with van der Waals surface area (Å²) in [4.78, 5) is 45.6. The summed E-state index contributed by atoms with van der Waals surface area (Å²) in [5, 5.41) is 9.70. The van der Waals surface area contributed by atoms with Gasteiger partial charge in [-0.1, -0.05) is 30.3 Å². The van der Waals surface area contributed by atoms with Crippen LogP contribution in [0, 0.1) is 12.8 Å². The summed E-state index contributed by atoms with van der Waals surface area (Å²) >= 11 is 0. The molecule has 3 atom stereocenters. The minimum atomic E-state index is -0.762. The van der Waals surface area contributed by atoms with Crippen molar-refractivity contribution in [1.82, 2.24) is 23.8 Å². The number of aliphatic hydroxyl groups is 1. The van der Waals surface area contributed by atoms with Crippen LogP contribution in [-0.2, 0) is 21.3 Å². The van der Waals surface area contributed by atoms with Crippen molar-refractivity contribution >= 4 is 16.9 Å². The molecule has 2 aromatic carbocycles. The molecule has 1 fully saturated rings. The Hall–Kier alpha value is -4.35. The zero-order valence-corrected chi connectivity index (χ0v) is 26.0. The Morgan fingerprint density at radius 2 is 1.78 bits per heavy atom. The quantitative estimate of drug-likeness (QED) is 0.296. The average molecular weight is 616 g/mol. The number of para-hydroxylation sites is 3. The van der Waals surface area contributed by atoms with Crippen LogP contribution in [0.3, 0.4) is 0 Å². The molecule has 0 spiro atoms. The number of hydrogen-bond acceptors (Lipinski definition) is 6. The number of nitrogens with one attached hydrogen (secondary N) is 1. The first-order chi connectivity index (χ1) is 21.8. The fourth-order valence-corrected chi connectivity index (χ4v) is 6.98. The lowest BCUT2D eigenvalue weighted by Crippen LogP contribution is -2.44. The summed E-state index contributed by atoms with van der Waals surface area (Å²) in [5.41, 5.74) is 3.47. The second kappa shape index (κ2) is 12.9. The standard InChI is InChI=1S/C34H41N5O6/c1-4-44-33-25(13-10-20-40)26(30-22(2)36(3)39(32(30)42)24-11-6-5-7-12-24)21-29(45-33)31(41)37-18-16-23(17-19-37)38-28-15-9-8-14-27(28)35-34(38)43/h5-9,11-12,14-15,21,23,25-26,33,40H,4,10,13,16-20H2,1-3H3,(H,35,43). The smallest absolute Gasteiger partial charge is 0.326 e. The van der Waals surface area contributed by atoms with Crippen molar-refractivity contribution in [2.24, 2.45) is 13.0 Å². The Kier molecular flexibility index (Phi) is 8.82. The summed E-state index contributed by atoms with van der Waals surface area (Å²) in [6.07, 6.45) is 3.32. The number of hydrogen-bond donors (Lipinski definition) is 2. The van der Waals surface area contributed by atoms with Gasteiger partial charge in [0.05, 0.1) is 16.7 Å². The highest BCUT2D eigenvalue weighted by Crippen LogP contribution is 2.40. The number of aliphatic hydroxyl groups excluding tert-OH is 1. The normalized spacial score (nSPS) is 20.8. The summed E-state index contributed by atoms with van der Waals surface area (Å²) in [6, 6.07) is 17.1. The maximum absolute atomic E-state index is 14.1. The fraction of sp³-hybridized carbons (Fsp3) is 0.441. The first-order valence-corrected chi connectivity index (χ1v) is 15.8. The number of likely N-dealkylation sites (tertiary alicyclic amines) is 1. The lowest BCUT2D eigenvalue weighted by atomic mass is 9.80. The number of piperidine rings is 1. The zero-order valence-electron chi connectivity index (χ0n) is 26.0. The Labute approximate surface area is 261 Å². The molecule has 1 amide bonds. The molecular formula is C34H41N5O6. The number of imidazole rings is 1. The highest BCUT2D eigenvalue weighted by molar-refractivity contribution is 5.92. The van der Waals surface area contributed by atoms with Gasteiger partial charge in [-0.3, -0.25) is 18.8 Å². The third-order valence-electron chi connectivity index (χ3n) is 9.30. The molecule has 11 heteroatoms. The minimum Gasteiger partial charge on any atom is -0.459 e. The molecule has 1 saturated heterocycles. The van der Waals surface area contributed by atoms with Gasteiger partial charge in [-0.25, -0.2) is 9.48 Å². The number of aromatic nitrogens is 4. The van der Waals surface area contributed by atoms with Gasteiger partial charge >= 0.3 is 5.69 Å². The van der Waals surface area contributed by atoms with Gasteiger partial charge in [-0.15, -0.1) is 0 Å². The van der Waals surface area contributed by atoms with E-state index >= 15 is 0 Å². The molecule has 0 bridgehead atoms. The highest BCUT2D eigenvalue weighted by atomic mass is 16.7. The van der Waals surface area contributed by atoms with E-state index in [1.54, 1.807) is 20.2 Å². The van der Waals surface area contributed by atoms with Gasteiger partial charge in [0.25, 0.3) is 11.5 Å². The Morgan fingerprint density at radius 3 is 2.49 bits per heavy atom. The zero-order chi connectivity index (χ0) is 31.7. The van der Waals surface area contributed by atoms with Crippen LogP contribution in [0.25, 0.3) is 16.7 Å². The van der Waals surface area contributed by atoms with E-state index in [0.717, 1.165) is 22.4 Å². The van der Waals surface area contributed by atoms with Crippen LogP contribution in [0.4, 0.5) is 0 Å². The van der Waals surface area contributed by atoms with Crippen LogP contribution >= 0.6 is 0 Å². The van der Waals surface area contributed by atoms with Gasteiger partial charge < -0.3 is 24.5 Å². The molecule has 2 aromatic heterocycles. The second-order valence-electron chi connectivity index (χ2n) is 11.8. The number of aromatic amines is 1. The largest absolute Gasteiger partial charge is 0.459 e. The van der Waals surface area contributed by atoms with Gasteiger partial charge in [0, 0.05) is 62.5 Å². The molecular weight excluding hydrogens is 574 g/mol. The molecule has 4 aromatic rings. The summed E-state index contributed by atoms with van der Waals surface area (Å²) < 4.78 is 17.6. The number of benzene rings is 2.